The maximum Gasteiger partial charge on any atom is 0.191 e. The van der Waals surface area contributed by atoms with E-state index >= 15 is 0 Å². The summed E-state index contributed by atoms with van der Waals surface area (Å²) in [4.78, 5) is 7.11. The van der Waals surface area contributed by atoms with Crippen LogP contribution >= 0.6 is 24.0 Å². The van der Waals surface area contributed by atoms with Crippen molar-refractivity contribution in [1.29, 1.82) is 0 Å². The van der Waals surface area contributed by atoms with Gasteiger partial charge in [-0.2, -0.15) is 0 Å². The lowest BCUT2D eigenvalue weighted by Crippen LogP contribution is -2.46. The van der Waals surface area contributed by atoms with E-state index in [0.29, 0.717) is 43.8 Å². The summed E-state index contributed by atoms with van der Waals surface area (Å²) in [6, 6.07) is 12.6. The van der Waals surface area contributed by atoms with Gasteiger partial charge in [0.2, 0.25) is 0 Å². The molecule has 182 valence electrons. The van der Waals surface area contributed by atoms with E-state index in [1.165, 1.54) is 12.1 Å². The fraction of sp³-hybridized carbons (Fsp3) is 0.458. The van der Waals surface area contributed by atoms with Crippen molar-refractivity contribution in [3.63, 3.8) is 0 Å². The Labute approximate surface area is 212 Å². The highest BCUT2D eigenvalue weighted by molar-refractivity contribution is 14.0. The van der Waals surface area contributed by atoms with Gasteiger partial charge in [0.05, 0.1) is 40.0 Å². The molecule has 1 heterocycles. The summed E-state index contributed by atoms with van der Waals surface area (Å²) < 4.78 is 29.9. The van der Waals surface area contributed by atoms with E-state index in [9.17, 15) is 4.39 Å². The number of benzene rings is 2. The minimum absolute atomic E-state index is 0. The molecule has 0 aliphatic carbocycles. The average molecular weight is 572 g/mol. The largest absolute Gasteiger partial charge is 0.493 e. The summed E-state index contributed by atoms with van der Waals surface area (Å²) in [7, 11) is 3.25. The normalized spacial score (nSPS) is 15.3. The van der Waals surface area contributed by atoms with Crippen molar-refractivity contribution >= 4 is 29.9 Å². The minimum atomic E-state index is -0.232. The van der Waals surface area contributed by atoms with Gasteiger partial charge in [-0.25, -0.2) is 9.38 Å². The van der Waals surface area contributed by atoms with E-state index in [1.54, 1.807) is 14.2 Å². The van der Waals surface area contributed by atoms with Crippen molar-refractivity contribution in [3.05, 3.63) is 59.4 Å². The van der Waals surface area contributed by atoms with Crippen LogP contribution in [0.15, 0.2) is 47.5 Å². The van der Waals surface area contributed by atoms with E-state index in [-0.39, 0.29) is 35.8 Å². The van der Waals surface area contributed by atoms with Crippen molar-refractivity contribution < 1.29 is 18.6 Å². The first-order valence-corrected chi connectivity index (χ1v) is 11.0. The summed E-state index contributed by atoms with van der Waals surface area (Å²) in [5.41, 5.74) is 2.00. The number of aliphatic imine (C=N–C) groups is 1. The molecular formula is C24H34FIN4O3. The van der Waals surface area contributed by atoms with Crippen molar-refractivity contribution in [3.8, 4) is 11.5 Å². The number of halogens is 2. The van der Waals surface area contributed by atoms with E-state index in [2.05, 4.69) is 15.5 Å². The number of nitrogens with one attached hydrogen (secondary N) is 2. The predicted octanol–water partition coefficient (Wildman–Crippen LogP) is 3.59. The van der Waals surface area contributed by atoms with Gasteiger partial charge in [0.1, 0.15) is 5.82 Å². The molecule has 0 amide bonds. The van der Waals surface area contributed by atoms with E-state index < -0.39 is 0 Å². The van der Waals surface area contributed by atoms with Crippen LogP contribution in [0.4, 0.5) is 4.39 Å². The molecule has 0 spiro atoms. The molecule has 1 saturated heterocycles. The fourth-order valence-electron chi connectivity index (χ4n) is 3.81. The Kier molecular flexibility index (Phi) is 11.7. The molecule has 2 N–H and O–H groups in total. The quantitative estimate of drug-likeness (QED) is 0.272. The van der Waals surface area contributed by atoms with Crippen molar-refractivity contribution in [2.24, 2.45) is 4.99 Å². The highest BCUT2D eigenvalue weighted by atomic mass is 127. The Bertz CT molecular complexity index is 877. The summed E-state index contributed by atoms with van der Waals surface area (Å²) in [5.74, 6) is 1.84. The molecule has 3 rings (SSSR count). The van der Waals surface area contributed by atoms with Gasteiger partial charge in [0, 0.05) is 31.7 Å². The molecule has 1 aliphatic rings. The molecule has 0 radical (unpaired) electrons. The lowest BCUT2D eigenvalue weighted by Gasteiger charge is -2.35. The Balaban J connectivity index is 0.00000385. The molecular weight excluding hydrogens is 538 g/mol. The number of para-hydroxylation sites is 1. The van der Waals surface area contributed by atoms with Crippen LogP contribution in [0.5, 0.6) is 11.5 Å². The van der Waals surface area contributed by atoms with Crippen LogP contribution in [0, 0.1) is 5.82 Å². The Hall–Kier alpha value is -2.11. The minimum Gasteiger partial charge on any atom is -0.493 e. The Morgan fingerprint density at radius 2 is 1.82 bits per heavy atom. The standard InChI is InChI=1S/C24H33FN4O3.HI/c1-4-26-24(27-16-19-6-5-7-22(30-2)23(19)31-3)28-17-21(29-12-14-32-15-13-29)18-8-10-20(25)11-9-18;/h5-11,21H,4,12-17H2,1-3H3,(H2,26,27,28);1H. The molecule has 2 aromatic carbocycles. The Morgan fingerprint density at radius 1 is 1.09 bits per heavy atom. The van der Waals surface area contributed by atoms with Gasteiger partial charge in [0.15, 0.2) is 17.5 Å². The Morgan fingerprint density at radius 3 is 2.45 bits per heavy atom. The number of ether oxygens (including phenoxy) is 3. The van der Waals surface area contributed by atoms with Gasteiger partial charge < -0.3 is 24.8 Å². The summed E-state index contributed by atoms with van der Waals surface area (Å²) in [6.07, 6.45) is 0. The molecule has 9 heteroatoms. The highest BCUT2D eigenvalue weighted by Gasteiger charge is 2.23. The van der Waals surface area contributed by atoms with Crippen LogP contribution in [-0.2, 0) is 11.3 Å². The molecule has 1 aliphatic heterocycles. The van der Waals surface area contributed by atoms with Gasteiger partial charge in [0.25, 0.3) is 0 Å². The number of hydrogen-bond acceptors (Lipinski definition) is 5. The number of hydrogen-bond donors (Lipinski definition) is 2. The third-order valence-corrected chi connectivity index (χ3v) is 5.44. The number of nitrogens with zero attached hydrogens (tertiary/aromatic N) is 2. The molecule has 1 unspecified atom stereocenters. The van der Waals surface area contributed by atoms with Crippen LogP contribution < -0.4 is 20.1 Å². The van der Waals surface area contributed by atoms with E-state index in [0.717, 1.165) is 30.8 Å². The first-order chi connectivity index (χ1) is 15.7. The third-order valence-electron chi connectivity index (χ3n) is 5.44. The number of guanidine groups is 1. The SMILES string of the molecule is CCNC(=NCc1cccc(OC)c1OC)NCC(c1ccc(F)cc1)N1CCOCC1.I. The molecule has 7 nitrogen and oxygen atoms in total. The van der Waals surface area contributed by atoms with Crippen LogP contribution in [-0.4, -0.2) is 64.5 Å². The lowest BCUT2D eigenvalue weighted by molar-refractivity contribution is 0.0170. The molecule has 1 atom stereocenters. The van der Waals surface area contributed by atoms with E-state index in [1.807, 2.05) is 37.3 Å². The van der Waals surface area contributed by atoms with Crippen molar-refractivity contribution in [2.45, 2.75) is 19.5 Å². The zero-order chi connectivity index (χ0) is 22.8. The van der Waals surface area contributed by atoms with Crippen molar-refractivity contribution in [2.75, 3.05) is 53.6 Å². The maximum absolute atomic E-state index is 13.5. The molecule has 0 bridgehead atoms. The van der Waals surface area contributed by atoms with Crippen LogP contribution in [0.1, 0.15) is 24.1 Å². The number of methoxy groups -OCH3 is 2. The van der Waals surface area contributed by atoms with Gasteiger partial charge in [-0.05, 0) is 30.7 Å². The second-order valence-electron chi connectivity index (χ2n) is 7.44. The molecule has 0 aromatic heterocycles. The topological polar surface area (TPSA) is 67.4 Å². The van der Waals surface area contributed by atoms with Gasteiger partial charge in [-0.15, -0.1) is 24.0 Å². The first-order valence-electron chi connectivity index (χ1n) is 11.0. The molecule has 33 heavy (non-hydrogen) atoms. The first kappa shape index (κ1) is 27.1. The predicted molar refractivity (Wildman–Crippen MR) is 139 cm³/mol. The highest BCUT2D eigenvalue weighted by Crippen LogP contribution is 2.31. The van der Waals surface area contributed by atoms with E-state index in [4.69, 9.17) is 19.2 Å². The molecule has 0 saturated carbocycles. The smallest absolute Gasteiger partial charge is 0.191 e. The van der Waals surface area contributed by atoms with Crippen molar-refractivity contribution in [1.82, 2.24) is 15.5 Å². The summed E-state index contributed by atoms with van der Waals surface area (Å²) in [6.45, 7) is 6.89. The third kappa shape index (κ3) is 7.72. The second kappa shape index (κ2) is 14.2. The monoisotopic (exact) mass is 572 g/mol. The lowest BCUT2D eigenvalue weighted by atomic mass is 10.0. The van der Waals surface area contributed by atoms with Crippen LogP contribution in [0.2, 0.25) is 0 Å². The fourth-order valence-corrected chi connectivity index (χ4v) is 3.81. The molecule has 2 aromatic rings. The second-order valence-corrected chi connectivity index (χ2v) is 7.44. The van der Waals surface area contributed by atoms with Gasteiger partial charge in [-0.3, -0.25) is 4.90 Å². The number of rotatable bonds is 9. The summed E-state index contributed by atoms with van der Waals surface area (Å²) >= 11 is 0. The molecule has 1 fully saturated rings. The zero-order valence-corrected chi connectivity index (χ0v) is 21.8. The van der Waals surface area contributed by atoms with Crippen LogP contribution in [0.3, 0.4) is 0 Å². The van der Waals surface area contributed by atoms with Gasteiger partial charge >= 0.3 is 0 Å². The average Bonchev–Trinajstić information content (AvgIpc) is 2.83. The number of morpholine rings is 1. The van der Waals surface area contributed by atoms with Gasteiger partial charge in [-0.1, -0.05) is 24.3 Å². The zero-order valence-electron chi connectivity index (χ0n) is 19.5. The maximum atomic E-state index is 13.5. The van der Waals surface area contributed by atoms with Crippen LogP contribution in [0.25, 0.3) is 0 Å². The summed E-state index contributed by atoms with van der Waals surface area (Å²) in [5, 5.41) is 6.76.